The molecule has 0 radical (unpaired) electrons. The van der Waals surface area contributed by atoms with E-state index < -0.39 is 23.4 Å². The summed E-state index contributed by atoms with van der Waals surface area (Å²) in [6.45, 7) is 7.58. The van der Waals surface area contributed by atoms with Crippen molar-refractivity contribution in [1.29, 1.82) is 0 Å². The highest BCUT2D eigenvalue weighted by Gasteiger charge is 2.33. The van der Waals surface area contributed by atoms with Crippen molar-refractivity contribution in [2.24, 2.45) is 5.92 Å². The number of carbonyl (C=O) groups is 1. The molecule has 0 aromatic carbocycles. The van der Waals surface area contributed by atoms with E-state index in [4.69, 9.17) is 4.74 Å². The van der Waals surface area contributed by atoms with Crippen LogP contribution in [0.5, 0.6) is 0 Å². The minimum absolute atomic E-state index is 0.194. The second kappa shape index (κ2) is 6.45. The smallest absolute Gasteiger partial charge is 0.417 e. The molecule has 0 bridgehead atoms. The van der Waals surface area contributed by atoms with Crippen LogP contribution in [0.15, 0.2) is 24.5 Å². The van der Waals surface area contributed by atoms with Crippen LogP contribution in [0.3, 0.4) is 0 Å². The molecule has 1 atom stereocenters. The molecule has 0 saturated heterocycles. The van der Waals surface area contributed by atoms with Gasteiger partial charge in [0.25, 0.3) is 0 Å². The average molecular weight is 342 g/mol. The SMILES string of the molecule is C[C@H]1CC=C(c2cncc(C(F)(F)F)c2)N(C(=O)OC(C)(C)C)C1. The quantitative estimate of drug-likeness (QED) is 0.742. The van der Waals surface area contributed by atoms with Crippen molar-refractivity contribution in [2.45, 2.75) is 45.9 Å². The number of hydrogen-bond acceptors (Lipinski definition) is 3. The lowest BCUT2D eigenvalue weighted by Crippen LogP contribution is -2.39. The maximum atomic E-state index is 12.9. The number of ether oxygens (including phenoxy) is 1. The zero-order valence-electron chi connectivity index (χ0n) is 14.1. The number of alkyl halides is 3. The Balaban J connectivity index is 2.37. The van der Waals surface area contributed by atoms with Gasteiger partial charge in [0.05, 0.1) is 11.3 Å². The van der Waals surface area contributed by atoms with Crippen LogP contribution in [-0.4, -0.2) is 28.1 Å². The summed E-state index contributed by atoms with van der Waals surface area (Å²) in [4.78, 5) is 17.5. The van der Waals surface area contributed by atoms with Crippen LogP contribution < -0.4 is 0 Å². The van der Waals surface area contributed by atoms with Crippen molar-refractivity contribution in [3.05, 3.63) is 35.7 Å². The van der Waals surface area contributed by atoms with E-state index in [1.165, 1.54) is 11.1 Å². The summed E-state index contributed by atoms with van der Waals surface area (Å²) in [5, 5.41) is 0. The summed E-state index contributed by atoms with van der Waals surface area (Å²) in [7, 11) is 0. The first-order valence-corrected chi connectivity index (χ1v) is 7.70. The Morgan fingerprint density at radius 2 is 1.96 bits per heavy atom. The van der Waals surface area contributed by atoms with Crippen molar-refractivity contribution in [1.82, 2.24) is 9.88 Å². The number of carbonyl (C=O) groups excluding carboxylic acids is 1. The first kappa shape index (κ1) is 18.3. The fraction of sp³-hybridized carbons (Fsp3) is 0.529. The average Bonchev–Trinajstić information content (AvgIpc) is 2.44. The zero-order valence-corrected chi connectivity index (χ0v) is 14.1. The summed E-state index contributed by atoms with van der Waals surface area (Å²) >= 11 is 0. The number of amides is 1. The minimum Gasteiger partial charge on any atom is -0.443 e. The zero-order chi connectivity index (χ0) is 18.1. The Morgan fingerprint density at radius 3 is 2.54 bits per heavy atom. The fourth-order valence-electron chi connectivity index (χ4n) is 2.41. The third kappa shape index (κ3) is 4.49. The Bertz CT molecular complexity index is 648. The number of rotatable bonds is 1. The molecule has 1 aromatic rings. The van der Waals surface area contributed by atoms with E-state index in [1.807, 2.05) is 6.92 Å². The van der Waals surface area contributed by atoms with E-state index in [-0.39, 0.29) is 11.5 Å². The molecule has 2 rings (SSSR count). The van der Waals surface area contributed by atoms with Gasteiger partial charge in [-0.2, -0.15) is 13.2 Å². The van der Waals surface area contributed by atoms with Crippen molar-refractivity contribution in [2.75, 3.05) is 6.54 Å². The molecular weight excluding hydrogens is 321 g/mol. The van der Waals surface area contributed by atoms with Crippen LogP contribution >= 0.6 is 0 Å². The molecule has 1 amide bonds. The van der Waals surface area contributed by atoms with Gasteiger partial charge in [0.2, 0.25) is 0 Å². The Hall–Kier alpha value is -2.05. The predicted molar refractivity (Wildman–Crippen MR) is 83.9 cm³/mol. The van der Waals surface area contributed by atoms with Crippen molar-refractivity contribution >= 4 is 11.8 Å². The van der Waals surface area contributed by atoms with Gasteiger partial charge in [0, 0.05) is 24.5 Å². The van der Waals surface area contributed by atoms with Gasteiger partial charge in [-0.25, -0.2) is 4.79 Å². The highest BCUT2D eigenvalue weighted by molar-refractivity contribution is 5.82. The van der Waals surface area contributed by atoms with Crippen LogP contribution in [0.4, 0.5) is 18.0 Å². The van der Waals surface area contributed by atoms with Gasteiger partial charge >= 0.3 is 12.3 Å². The number of allylic oxidation sites excluding steroid dienone is 1. The molecule has 0 fully saturated rings. The monoisotopic (exact) mass is 342 g/mol. The molecule has 0 aliphatic carbocycles. The van der Waals surface area contributed by atoms with Crippen LogP contribution in [0.1, 0.15) is 45.2 Å². The predicted octanol–water partition coefficient (Wildman–Crippen LogP) is 4.72. The van der Waals surface area contributed by atoms with E-state index in [9.17, 15) is 18.0 Å². The largest absolute Gasteiger partial charge is 0.443 e. The van der Waals surface area contributed by atoms with Gasteiger partial charge in [-0.1, -0.05) is 13.0 Å². The van der Waals surface area contributed by atoms with E-state index in [2.05, 4.69) is 4.98 Å². The van der Waals surface area contributed by atoms with E-state index in [1.54, 1.807) is 26.8 Å². The van der Waals surface area contributed by atoms with Crippen molar-refractivity contribution in [3.63, 3.8) is 0 Å². The summed E-state index contributed by atoms with van der Waals surface area (Å²) in [5.41, 5.74) is -0.873. The fourth-order valence-corrected chi connectivity index (χ4v) is 2.41. The molecule has 0 spiro atoms. The second-order valence-corrected chi connectivity index (χ2v) is 6.98. The molecule has 132 valence electrons. The number of aromatic nitrogens is 1. The first-order valence-electron chi connectivity index (χ1n) is 7.70. The molecule has 2 heterocycles. The highest BCUT2D eigenvalue weighted by atomic mass is 19.4. The maximum Gasteiger partial charge on any atom is 0.417 e. The van der Waals surface area contributed by atoms with Crippen LogP contribution in [-0.2, 0) is 10.9 Å². The van der Waals surface area contributed by atoms with Crippen molar-refractivity contribution in [3.8, 4) is 0 Å². The maximum absolute atomic E-state index is 12.9. The van der Waals surface area contributed by atoms with Gasteiger partial charge in [0.15, 0.2) is 0 Å². The third-order valence-corrected chi connectivity index (χ3v) is 3.47. The standard InChI is InChI=1S/C17H21F3N2O2/c1-11-5-6-14(22(10-11)15(23)24-16(2,3)4)12-7-13(9-21-8-12)17(18,19)20/h6-9,11H,5,10H2,1-4H3/t11-/m0/s1. The number of halogens is 3. The minimum atomic E-state index is -4.48. The third-order valence-electron chi connectivity index (χ3n) is 3.47. The van der Waals surface area contributed by atoms with Crippen molar-refractivity contribution < 1.29 is 22.7 Å². The van der Waals surface area contributed by atoms with Gasteiger partial charge in [-0.15, -0.1) is 0 Å². The molecule has 0 unspecified atom stereocenters. The number of pyridine rings is 1. The van der Waals surface area contributed by atoms with Gasteiger partial charge in [0.1, 0.15) is 5.60 Å². The van der Waals surface area contributed by atoms with Gasteiger partial charge in [-0.3, -0.25) is 9.88 Å². The van der Waals surface area contributed by atoms with Crippen LogP contribution in [0.25, 0.3) is 5.70 Å². The van der Waals surface area contributed by atoms with Gasteiger partial charge < -0.3 is 4.74 Å². The molecule has 1 aliphatic rings. The second-order valence-electron chi connectivity index (χ2n) is 6.98. The lowest BCUT2D eigenvalue weighted by atomic mass is 9.98. The summed E-state index contributed by atoms with van der Waals surface area (Å²) in [6.07, 6.45) is -0.526. The molecule has 1 aromatic heterocycles. The highest BCUT2D eigenvalue weighted by Crippen LogP contribution is 2.33. The summed E-state index contributed by atoms with van der Waals surface area (Å²) in [5.74, 6) is 0.194. The van der Waals surface area contributed by atoms with E-state index >= 15 is 0 Å². The Morgan fingerprint density at radius 1 is 1.29 bits per heavy atom. The van der Waals surface area contributed by atoms with Crippen LogP contribution in [0.2, 0.25) is 0 Å². The number of nitrogens with zero attached hydrogens (tertiary/aromatic N) is 2. The lowest BCUT2D eigenvalue weighted by Gasteiger charge is -2.33. The molecular formula is C17H21F3N2O2. The Labute approximate surface area is 139 Å². The van der Waals surface area contributed by atoms with E-state index in [0.29, 0.717) is 18.7 Å². The molecule has 1 aliphatic heterocycles. The molecule has 0 saturated carbocycles. The topological polar surface area (TPSA) is 42.4 Å². The van der Waals surface area contributed by atoms with Crippen LogP contribution in [0, 0.1) is 5.92 Å². The summed E-state index contributed by atoms with van der Waals surface area (Å²) < 4.78 is 44.1. The molecule has 0 N–H and O–H groups in total. The normalized spacial score (nSPS) is 19.0. The Kier molecular flexibility index (Phi) is 4.92. The first-order chi connectivity index (χ1) is 11.0. The molecule has 4 nitrogen and oxygen atoms in total. The van der Waals surface area contributed by atoms with Gasteiger partial charge in [-0.05, 0) is 39.2 Å². The lowest BCUT2D eigenvalue weighted by molar-refractivity contribution is -0.137. The number of hydrogen-bond donors (Lipinski definition) is 0. The molecule has 7 heteroatoms. The summed E-state index contributed by atoms with van der Waals surface area (Å²) in [6, 6.07) is 1.01. The molecule has 24 heavy (non-hydrogen) atoms. The van der Waals surface area contributed by atoms with E-state index in [0.717, 1.165) is 12.3 Å².